The maximum absolute atomic E-state index is 12.9. The molecule has 0 radical (unpaired) electrons. The summed E-state index contributed by atoms with van der Waals surface area (Å²) in [6.45, 7) is 0. The van der Waals surface area contributed by atoms with Crippen molar-refractivity contribution in [2.24, 2.45) is 0 Å². The molecule has 0 aromatic heterocycles. The molecule has 0 aliphatic heterocycles. The van der Waals surface area contributed by atoms with Crippen LogP contribution in [0, 0.1) is 17.7 Å². The maximum atomic E-state index is 12.9. The Morgan fingerprint density at radius 3 is 2.92 bits per heavy atom. The minimum atomic E-state index is -0.340. The standard InChI is InChI=1S/C9H5BrClF/c10-5-1-2-7-6-8(11)3-4-9(7)12/h3-4,6H,5H2. The van der Waals surface area contributed by atoms with Crippen LogP contribution in [0.2, 0.25) is 5.02 Å². The Morgan fingerprint density at radius 2 is 2.25 bits per heavy atom. The summed E-state index contributed by atoms with van der Waals surface area (Å²) >= 11 is 8.77. The number of hydrogen-bond donors (Lipinski definition) is 0. The number of rotatable bonds is 0. The molecule has 3 heteroatoms. The van der Waals surface area contributed by atoms with Crippen molar-refractivity contribution in [1.29, 1.82) is 0 Å². The Labute approximate surface area is 83.9 Å². The average molecular weight is 247 g/mol. The van der Waals surface area contributed by atoms with Crippen LogP contribution >= 0.6 is 27.5 Å². The van der Waals surface area contributed by atoms with Crippen molar-refractivity contribution in [3.05, 3.63) is 34.6 Å². The Hall–Kier alpha value is -0.520. The molecule has 0 saturated carbocycles. The molecule has 0 saturated heterocycles. The van der Waals surface area contributed by atoms with E-state index in [-0.39, 0.29) is 5.82 Å². The van der Waals surface area contributed by atoms with Crippen molar-refractivity contribution in [2.75, 3.05) is 5.33 Å². The van der Waals surface area contributed by atoms with Gasteiger partial charge in [0.1, 0.15) is 5.82 Å². The molecule has 0 heterocycles. The van der Waals surface area contributed by atoms with Crippen LogP contribution in [0.25, 0.3) is 0 Å². The van der Waals surface area contributed by atoms with E-state index in [2.05, 4.69) is 27.8 Å². The highest BCUT2D eigenvalue weighted by Gasteiger charge is 1.98. The van der Waals surface area contributed by atoms with Crippen LogP contribution in [0.4, 0.5) is 4.39 Å². The van der Waals surface area contributed by atoms with Crippen LogP contribution < -0.4 is 0 Å². The first-order valence-corrected chi connectivity index (χ1v) is 4.74. The van der Waals surface area contributed by atoms with Gasteiger partial charge in [0.2, 0.25) is 0 Å². The van der Waals surface area contributed by atoms with Crippen LogP contribution in [0.1, 0.15) is 5.56 Å². The van der Waals surface area contributed by atoms with Gasteiger partial charge in [-0.05, 0) is 18.2 Å². The Bertz CT molecular complexity index is 338. The molecule has 1 rings (SSSR count). The highest BCUT2D eigenvalue weighted by molar-refractivity contribution is 9.09. The lowest BCUT2D eigenvalue weighted by atomic mass is 10.2. The molecule has 12 heavy (non-hydrogen) atoms. The van der Waals surface area contributed by atoms with E-state index < -0.39 is 0 Å². The number of halogens is 3. The fourth-order valence-electron chi connectivity index (χ4n) is 0.722. The first-order chi connectivity index (χ1) is 5.74. The summed E-state index contributed by atoms with van der Waals surface area (Å²) in [4.78, 5) is 0. The van der Waals surface area contributed by atoms with Crippen LogP contribution in [0.5, 0.6) is 0 Å². The summed E-state index contributed by atoms with van der Waals surface area (Å²) in [7, 11) is 0. The highest BCUT2D eigenvalue weighted by atomic mass is 79.9. The first kappa shape index (κ1) is 9.57. The second kappa shape index (κ2) is 4.49. The van der Waals surface area contributed by atoms with Gasteiger partial charge in [-0.1, -0.05) is 39.4 Å². The van der Waals surface area contributed by atoms with E-state index in [9.17, 15) is 4.39 Å². The van der Waals surface area contributed by atoms with Crippen LogP contribution in [-0.4, -0.2) is 5.33 Å². The molecule has 0 amide bonds. The minimum absolute atomic E-state index is 0.335. The van der Waals surface area contributed by atoms with Crippen molar-refractivity contribution in [3.8, 4) is 11.8 Å². The lowest BCUT2D eigenvalue weighted by Gasteiger charge is -1.93. The molecule has 0 aliphatic carbocycles. The minimum Gasteiger partial charge on any atom is -0.206 e. The van der Waals surface area contributed by atoms with Gasteiger partial charge in [-0.2, -0.15) is 0 Å². The van der Waals surface area contributed by atoms with E-state index in [1.165, 1.54) is 18.2 Å². The molecular weight excluding hydrogens is 242 g/mol. The summed E-state index contributed by atoms with van der Waals surface area (Å²) < 4.78 is 12.9. The summed E-state index contributed by atoms with van der Waals surface area (Å²) in [5.74, 6) is 5.01. The monoisotopic (exact) mass is 246 g/mol. The van der Waals surface area contributed by atoms with Gasteiger partial charge < -0.3 is 0 Å². The molecule has 1 aromatic carbocycles. The molecule has 0 N–H and O–H groups in total. The lowest BCUT2D eigenvalue weighted by Crippen LogP contribution is -1.82. The predicted molar refractivity (Wildman–Crippen MR) is 52.1 cm³/mol. The summed E-state index contributed by atoms with van der Waals surface area (Å²) in [5, 5.41) is 1.02. The molecule has 62 valence electrons. The third kappa shape index (κ3) is 2.51. The van der Waals surface area contributed by atoms with Gasteiger partial charge in [0, 0.05) is 5.02 Å². The maximum Gasteiger partial charge on any atom is 0.138 e. The van der Waals surface area contributed by atoms with Gasteiger partial charge in [0.25, 0.3) is 0 Å². The van der Waals surface area contributed by atoms with E-state index in [1.54, 1.807) is 0 Å². The van der Waals surface area contributed by atoms with Crippen molar-refractivity contribution in [2.45, 2.75) is 0 Å². The van der Waals surface area contributed by atoms with Gasteiger partial charge >= 0.3 is 0 Å². The van der Waals surface area contributed by atoms with Crippen LogP contribution in [-0.2, 0) is 0 Å². The van der Waals surface area contributed by atoms with Crippen LogP contribution in [0.3, 0.4) is 0 Å². The molecule has 0 spiro atoms. The molecule has 1 aromatic rings. The zero-order valence-electron chi connectivity index (χ0n) is 6.07. The fourth-order valence-corrected chi connectivity index (χ4v) is 1.03. The van der Waals surface area contributed by atoms with Gasteiger partial charge in [0.15, 0.2) is 0 Å². The number of alkyl halides is 1. The Kier molecular flexibility index (Phi) is 3.58. The summed E-state index contributed by atoms with van der Waals surface area (Å²) in [5.41, 5.74) is 0.335. The quantitative estimate of drug-likeness (QED) is 0.488. The van der Waals surface area contributed by atoms with Gasteiger partial charge in [-0.3, -0.25) is 0 Å². The lowest BCUT2D eigenvalue weighted by molar-refractivity contribution is 0.624. The SMILES string of the molecule is Fc1ccc(Cl)cc1C#CCBr. The third-order valence-electron chi connectivity index (χ3n) is 1.22. The second-order valence-electron chi connectivity index (χ2n) is 2.06. The molecule has 0 aliphatic rings. The van der Waals surface area contributed by atoms with E-state index in [0.717, 1.165) is 0 Å². The van der Waals surface area contributed by atoms with Gasteiger partial charge in [-0.25, -0.2) is 4.39 Å². The molecule has 0 unspecified atom stereocenters. The molecular formula is C9H5BrClF. The second-order valence-corrected chi connectivity index (χ2v) is 3.06. The van der Waals surface area contributed by atoms with Crippen molar-refractivity contribution in [1.82, 2.24) is 0 Å². The zero-order valence-corrected chi connectivity index (χ0v) is 8.41. The topological polar surface area (TPSA) is 0 Å². The zero-order chi connectivity index (χ0) is 8.97. The summed E-state index contributed by atoms with van der Waals surface area (Å²) in [6.07, 6.45) is 0. The average Bonchev–Trinajstić information content (AvgIpc) is 2.07. The van der Waals surface area contributed by atoms with E-state index in [1.807, 2.05) is 0 Å². The van der Waals surface area contributed by atoms with Crippen LogP contribution in [0.15, 0.2) is 18.2 Å². The van der Waals surface area contributed by atoms with E-state index in [4.69, 9.17) is 11.6 Å². The first-order valence-electron chi connectivity index (χ1n) is 3.24. The Balaban J connectivity index is 3.05. The predicted octanol–water partition coefficient (Wildman–Crippen LogP) is 3.23. The largest absolute Gasteiger partial charge is 0.206 e. The third-order valence-corrected chi connectivity index (χ3v) is 1.73. The van der Waals surface area contributed by atoms with E-state index in [0.29, 0.717) is 15.9 Å². The molecule has 0 nitrogen and oxygen atoms in total. The van der Waals surface area contributed by atoms with Gasteiger partial charge in [-0.15, -0.1) is 0 Å². The normalized spacial score (nSPS) is 8.92. The number of benzene rings is 1. The molecule has 0 bridgehead atoms. The number of hydrogen-bond acceptors (Lipinski definition) is 0. The molecule has 0 atom stereocenters. The van der Waals surface area contributed by atoms with E-state index >= 15 is 0 Å². The van der Waals surface area contributed by atoms with Crippen molar-refractivity contribution in [3.63, 3.8) is 0 Å². The van der Waals surface area contributed by atoms with Crippen molar-refractivity contribution < 1.29 is 4.39 Å². The van der Waals surface area contributed by atoms with Gasteiger partial charge in [0.05, 0.1) is 10.9 Å². The fraction of sp³-hybridized carbons (Fsp3) is 0.111. The highest BCUT2D eigenvalue weighted by Crippen LogP contribution is 2.13. The smallest absolute Gasteiger partial charge is 0.138 e. The summed E-state index contributed by atoms with van der Waals surface area (Å²) in [6, 6.07) is 4.31. The Morgan fingerprint density at radius 1 is 1.50 bits per heavy atom. The van der Waals surface area contributed by atoms with Crippen molar-refractivity contribution >= 4 is 27.5 Å². The molecule has 0 fully saturated rings.